The Balaban J connectivity index is 2.18. The van der Waals surface area contributed by atoms with Gasteiger partial charge in [0.15, 0.2) is 0 Å². The van der Waals surface area contributed by atoms with Gasteiger partial charge in [0.2, 0.25) is 0 Å². The second-order valence-corrected chi connectivity index (χ2v) is 3.52. The Bertz CT molecular complexity index is 412. The number of nitriles is 1. The van der Waals surface area contributed by atoms with Gasteiger partial charge in [0, 0.05) is 12.8 Å². The summed E-state index contributed by atoms with van der Waals surface area (Å²) >= 11 is 0. The van der Waals surface area contributed by atoms with Crippen molar-refractivity contribution in [1.29, 1.82) is 5.26 Å². The summed E-state index contributed by atoms with van der Waals surface area (Å²) in [5, 5.41) is 17.1. The smallest absolute Gasteiger partial charge is 0.305 e. The van der Waals surface area contributed by atoms with E-state index in [2.05, 4.69) is 4.98 Å². The molecule has 0 atom stereocenters. The molecule has 0 unspecified atom stereocenters. The Morgan fingerprint density at radius 3 is 3.06 bits per heavy atom. The maximum Gasteiger partial charge on any atom is 0.305 e. The van der Waals surface area contributed by atoms with Gasteiger partial charge in [0.1, 0.15) is 11.8 Å². The van der Waals surface area contributed by atoms with E-state index >= 15 is 0 Å². The highest BCUT2D eigenvalue weighted by Crippen LogP contribution is 2.04. The lowest BCUT2D eigenvalue weighted by molar-refractivity contribution is -0.138. The van der Waals surface area contributed by atoms with Gasteiger partial charge in [-0.1, -0.05) is 0 Å². The largest absolute Gasteiger partial charge is 0.481 e. The molecule has 1 rings (SSSR count). The SMILES string of the molecule is N#Cc1cc(CCCOCCC(=O)O)ccn1. The van der Waals surface area contributed by atoms with E-state index in [1.54, 1.807) is 12.3 Å². The van der Waals surface area contributed by atoms with Crippen molar-refractivity contribution in [3.63, 3.8) is 0 Å². The number of aliphatic carboxylic acids is 1. The lowest BCUT2D eigenvalue weighted by Crippen LogP contribution is -2.04. The summed E-state index contributed by atoms with van der Waals surface area (Å²) in [6, 6.07) is 5.59. The van der Waals surface area contributed by atoms with E-state index < -0.39 is 5.97 Å². The van der Waals surface area contributed by atoms with Crippen LogP contribution in [0.3, 0.4) is 0 Å². The predicted octanol–water partition coefficient (Wildman–Crippen LogP) is 1.38. The number of aromatic nitrogens is 1. The van der Waals surface area contributed by atoms with Crippen LogP contribution in [0.15, 0.2) is 18.3 Å². The minimum absolute atomic E-state index is 0.0356. The summed E-state index contributed by atoms with van der Waals surface area (Å²) in [6.07, 6.45) is 3.24. The van der Waals surface area contributed by atoms with Crippen LogP contribution in [0.25, 0.3) is 0 Å². The lowest BCUT2D eigenvalue weighted by Gasteiger charge is -2.03. The van der Waals surface area contributed by atoms with Crippen molar-refractivity contribution >= 4 is 5.97 Å². The molecule has 0 saturated heterocycles. The molecule has 5 heteroatoms. The fourth-order valence-corrected chi connectivity index (χ4v) is 1.33. The van der Waals surface area contributed by atoms with Crippen molar-refractivity contribution in [3.8, 4) is 6.07 Å². The van der Waals surface area contributed by atoms with Crippen LogP contribution in [-0.4, -0.2) is 29.3 Å². The van der Waals surface area contributed by atoms with E-state index in [0.29, 0.717) is 12.3 Å². The van der Waals surface area contributed by atoms with Gasteiger partial charge in [0.25, 0.3) is 0 Å². The average Bonchev–Trinajstić information content (AvgIpc) is 2.33. The second kappa shape index (κ2) is 7.36. The van der Waals surface area contributed by atoms with Crippen LogP contribution >= 0.6 is 0 Å². The van der Waals surface area contributed by atoms with Crippen LogP contribution in [0.4, 0.5) is 0 Å². The fourth-order valence-electron chi connectivity index (χ4n) is 1.33. The molecule has 1 heterocycles. The van der Waals surface area contributed by atoms with Crippen molar-refractivity contribution in [2.24, 2.45) is 0 Å². The number of nitrogens with zero attached hydrogens (tertiary/aromatic N) is 2. The monoisotopic (exact) mass is 234 g/mol. The number of carboxylic acids is 1. The zero-order chi connectivity index (χ0) is 12.5. The molecule has 5 nitrogen and oxygen atoms in total. The van der Waals surface area contributed by atoms with Gasteiger partial charge in [-0.15, -0.1) is 0 Å². The summed E-state index contributed by atoms with van der Waals surface area (Å²) in [7, 11) is 0. The van der Waals surface area contributed by atoms with E-state index in [9.17, 15) is 4.79 Å². The molecule has 0 bridgehead atoms. The third-order valence-electron chi connectivity index (χ3n) is 2.15. The first kappa shape index (κ1) is 13.1. The van der Waals surface area contributed by atoms with E-state index in [1.807, 2.05) is 12.1 Å². The minimum atomic E-state index is -0.849. The van der Waals surface area contributed by atoms with Crippen LogP contribution < -0.4 is 0 Å². The number of carboxylic acid groups (broad SMARTS) is 1. The molecular weight excluding hydrogens is 220 g/mol. The van der Waals surface area contributed by atoms with Crippen LogP contribution in [0, 0.1) is 11.3 Å². The van der Waals surface area contributed by atoms with Crippen molar-refractivity contribution < 1.29 is 14.6 Å². The number of hydrogen-bond acceptors (Lipinski definition) is 4. The molecule has 0 aromatic carbocycles. The first-order chi connectivity index (χ1) is 8.22. The maximum absolute atomic E-state index is 10.2. The topological polar surface area (TPSA) is 83.2 Å². The Morgan fingerprint density at radius 2 is 2.35 bits per heavy atom. The quantitative estimate of drug-likeness (QED) is 0.720. The van der Waals surface area contributed by atoms with Gasteiger partial charge in [-0.05, 0) is 30.5 Å². The van der Waals surface area contributed by atoms with Gasteiger partial charge in [-0.3, -0.25) is 4.79 Å². The van der Waals surface area contributed by atoms with E-state index in [4.69, 9.17) is 15.1 Å². The molecule has 0 spiro atoms. The molecule has 17 heavy (non-hydrogen) atoms. The van der Waals surface area contributed by atoms with E-state index in [1.165, 1.54) is 0 Å². The van der Waals surface area contributed by atoms with Gasteiger partial charge >= 0.3 is 5.97 Å². The molecule has 1 aromatic heterocycles. The summed E-state index contributed by atoms with van der Waals surface area (Å²) in [6.45, 7) is 0.770. The summed E-state index contributed by atoms with van der Waals surface area (Å²) < 4.78 is 5.16. The van der Waals surface area contributed by atoms with Gasteiger partial charge in [-0.25, -0.2) is 4.98 Å². The van der Waals surface area contributed by atoms with Gasteiger partial charge < -0.3 is 9.84 Å². The molecule has 0 saturated carbocycles. The van der Waals surface area contributed by atoms with Crippen LogP contribution in [0.2, 0.25) is 0 Å². The van der Waals surface area contributed by atoms with E-state index in [0.717, 1.165) is 18.4 Å². The highest BCUT2D eigenvalue weighted by atomic mass is 16.5. The molecule has 1 N–H and O–H groups in total. The molecule has 0 aliphatic rings. The number of hydrogen-bond donors (Lipinski definition) is 1. The third kappa shape index (κ3) is 5.64. The number of carbonyl (C=O) groups is 1. The van der Waals surface area contributed by atoms with Crippen molar-refractivity contribution in [1.82, 2.24) is 4.98 Å². The highest BCUT2D eigenvalue weighted by Gasteiger charge is 1.98. The molecule has 0 fully saturated rings. The summed E-state index contributed by atoms with van der Waals surface area (Å²) in [4.78, 5) is 14.1. The fraction of sp³-hybridized carbons (Fsp3) is 0.417. The maximum atomic E-state index is 10.2. The molecule has 0 amide bonds. The van der Waals surface area contributed by atoms with E-state index in [-0.39, 0.29) is 13.0 Å². The average molecular weight is 234 g/mol. The minimum Gasteiger partial charge on any atom is -0.481 e. The number of rotatable bonds is 7. The number of ether oxygens (including phenoxy) is 1. The molecule has 0 radical (unpaired) electrons. The zero-order valence-electron chi connectivity index (χ0n) is 9.43. The van der Waals surface area contributed by atoms with Crippen molar-refractivity contribution in [3.05, 3.63) is 29.6 Å². The summed E-state index contributed by atoms with van der Waals surface area (Å²) in [5.41, 5.74) is 1.45. The van der Waals surface area contributed by atoms with Crippen LogP contribution in [-0.2, 0) is 16.0 Å². The first-order valence-corrected chi connectivity index (χ1v) is 5.37. The molecule has 0 aliphatic carbocycles. The normalized spacial score (nSPS) is 9.82. The third-order valence-corrected chi connectivity index (χ3v) is 2.15. The Kier molecular flexibility index (Phi) is 5.69. The highest BCUT2D eigenvalue weighted by molar-refractivity contribution is 5.66. The predicted molar refractivity (Wildman–Crippen MR) is 60.3 cm³/mol. The standard InChI is InChI=1S/C12H14N2O3/c13-9-11-8-10(3-5-14-11)2-1-6-17-7-4-12(15)16/h3,5,8H,1-2,4,6-7H2,(H,15,16). The van der Waals surface area contributed by atoms with Crippen LogP contribution in [0.5, 0.6) is 0 Å². The van der Waals surface area contributed by atoms with Gasteiger partial charge in [0.05, 0.1) is 13.0 Å². The van der Waals surface area contributed by atoms with Crippen molar-refractivity contribution in [2.45, 2.75) is 19.3 Å². The molecule has 0 aliphatic heterocycles. The molecule has 1 aromatic rings. The Morgan fingerprint density at radius 1 is 1.53 bits per heavy atom. The molecular formula is C12H14N2O3. The first-order valence-electron chi connectivity index (χ1n) is 5.37. The van der Waals surface area contributed by atoms with Gasteiger partial charge in [-0.2, -0.15) is 5.26 Å². The number of pyridine rings is 1. The van der Waals surface area contributed by atoms with Crippen molar-refractivity contribution in [2.75, 3.05) is 13.2 Å². The summed E-state index contributed by atoms with van der Waals surface area (Å²) in [5.74, 6) is -0.849. The lowest BCUT2D eigenvalue weighted by atomic mass is 10.1. The molecule has 90 valence electrons. The Labute approximate surface area is 99.7 Å². The Hall–Kier alpha value is -1.93. The zero-order valence-corrected chi connectivity index (χ0v) is 9.43. The number of aryl methyl sites for hydroxylation is 1. The van der Waals surface area contributed by atoms with Crippen LogP contribution in [0.1, 0.15) is 24.1 Å². The second-order valence-electron chi connectivity index (χ2n) is 3.52.